The maximum Gasteiger partial charge on any atom is 0.318 e. The summed E-state index contributed by atoms with van der Waals surface area (Å²) >= 11 is 0. The molecule has 0 radical (unpaired) electrons. The zero-order chi connectivity index (χ0) is 14.5. The first-order chi connectivity index (χ1) is 9.61. The molecule has 0 aromatic rings. The van der Waals surface area contributed by atoms with Crippen LogP contribution in [0.25, 0.3) is 0 Å². The van der Waals surface area contributed by atoms with Crippen LogP contribution in [0.3, 0.4) is 0 Å². The predicted molar refractivity (Wildman–Crippen MR) is 76.5 cm³/mol. The van der Waals surface area contributed by atoms with Crippen molar-refractivity contribution >= 4 is 12.0 Å². The van der Waals surface area contributed by atoms with E-state index in [4.69, 9.17) is 5.11 Å². The minimum atomic E-state index is -0.820. The maximum atomic E-state index is 12.4. The van der Waals surface area contributed by atoms with Gasteiger partial charge in [-0.2, -0.15) is 0 Å². The van der Waals surface area contributed by atoms with E-state index in [1.165, 1.54) is 12.8 Å². The minimum absolute atomic E-state index is 0.0422. The molecule has 5 nitrogen and oxygen atoms in total. The van der Waals surface area contributed by atoms with Crippen molar-refractivity contribution in [2.24, 2.45) is 5.92 Å². The highest BCUT2D eigenvalue weighted by atomic mass is 16.4. The zero-order valence-corrected chi connectivity index (χ0v) is 12.0. The molecule has 1 aliphatic carbocycles. The van der Waals surface area contributed by atoms with Crippen molar-refractivity contribution in [3.8, 4) is 0 Å². The molecule has 1 heterocycles. The van der Waals surface area contributed by atoms with Crippen LogP contribution in [0.2, 0.25) is 0 Å². The number of likely N-dealkylation sites (tertiary alicyclic amines) is 1. The molecule has 2 rings (SSSR count). The normalized spacial score (nSPS) is 30.1. The largest absolute Gasteiger partial charge is 0.481 e. The van der Waals surface area contributed by atoms with Crippen molar-refractivity contribution in [1.29, 1.82) is 0 Å². The summed E-state index contributed by atoms with van der Waals surface area (Å²) in [7, 11) is 0. The van der Waals surface area contributed by atoms with Gasteiger partial charge in [0.05, 0.1) is 12.0 Å². The second-order valence-corrected chi connectivity index (χ2v) is 5.73. The first-order valence-corrected chi connectivity index (χ1v) is 7.60. The SMILES string of the molecule is CCC1CCCCCN1C(=O)NC1C=CC(C(=O)O)C1. The van der Waals surface area contributed by atoms with Gasteiger partial charge in [0.15, 0.2) is 0 Å². The molecule has 2 aliphatic rings. The fraction of sp³-hybridized carbons (Fsp3) is 0.733. The van der Waals surface area contributed by atoms with Crippen molar-refractivity contribution in [1.82, 2.24) is 10.2 Å². The van der Waals surface area contributed by atoms with Gasteiger partial charge in [0.2, 0.25) is 0 Å². The van der Waals surface area contributed by atoms with E-state index in [1.54, 1.807) is 12.2 Å². The number of hydrogen-bond donors (Lipinski definition) is 2. The molecular formula is C15H24N2O3. The van der Waals surface area contributed by atoms with Crippen LogP contribution in [0.4, 0.5) is 4.79 Å². The van der Waals surface area contributed by atoms with Crippen LogP contribution in [0.15, 0.2) is 12.2 Å². The van der Waals surface area contributed by atoms with Crippen LogP contribution in [0, 0.1) is 5.92 Å². The fourth-order valence-corrected chi connectivity index (χ4v) is 3.10. The van der Waals surface area contributed by atoms with Crippen LogP contribution < -0.4 is 5.32 Å². The number of hydrogen-bond acceptors (Lipinski definition) is 2. The van der Waals surface area contributed by atoms with E-state index in [0.717, 1.165) is 25.8 Å². The Morgan fingerprint density at radius 2 is 2.10 bits per heavy atom. The topological polar surface area (TPSA) is 69.6 Å². The smallest absolute Gasteiger partial charge is 0.318 e. The monoisotopic (exact) mass is 280 g/mol. The number of carboxylic acids is 1. The van der Waals surface area contributed by atoms with Gasteiger partial charge in [0, 0.05) is 12.6 Å². The Labute approximate surface area is 120 Å². The summed E-state index contributed by atoms with van der Waals surface area (Å²) in [6.07, 6.45) is 9.42. The predicted octanol–water partition coefficient (Wildman–Crippen LogP) is 2.38. The average molecular weight is 280 g/mol. The molecule has 2 N–H and O–H groups in total. The number of nitrogens with one attached hydrogen (secondary N) is 1. The number of carboxylic acid groups (broad SMARTS) is 1. The Balaban J connectivity index is 1.90. The van der Waals surface area contributed by atoms with Crippen LogP contribution in [0.5, 0.6) is 0 Å². The molecule has 1 aliphatic heterocycles. The van der Waals surface area contributed by atoms with Gasteiger partial charge in [0.1, 0.15) is 0 Å². The summed E-state index contributed by atoms with van der Waals surface area (Å²) in [6, 6.07) is 0.127. The lowest BCUT2D eigenvalue weighted by atomic mass is 10.1. The Bertz CT molecular complexity index is 395. The van der Waals surface area contributed by atoms with Gasteiger partial charge in [0.25, 0.3) is 0 Å². The Kier molecular flexibility index (Phi) is 5.04. The summed E-state index contributed by atoms with van der Waals surface area (Å²) < 4.78 is 0. The van der Waals surface area contributed by atoms with Crippen LogP contribution in [0.1, 0.15) is 45.4 Å². The highest BCUT2D eigenvalue weighted by Gasteiger charge is 2.29. The van der Waals surface area contributed by atoms with E-state index < -0.39 is 11.9 Å². The number of rotatable bonds is 3. The summed E-state index contributed by atoms with van der Waals surface area (Å²) in [5.41, 5.74) is 0. The van der Waals surface area contributed by atoms with Gasteiger partial charge in [-0.1, -0.05) is 31.9 Å². The third kappa shape index (κ3) is 3.52. The standard InChI is InChI=1S/C15H24N2O3/c1-2-13-6-4-3-5-9-17(13)15(20)16-12-8-7-11(10-12)14(18)19/h7-8,11-13H,2-6,9-10H2,1H3,(H,16,20)(H,18,19). The Morgan fingerprint density at radius 3 is 2.75 bits per heavy atom. The third-order valence-corrected chi connectivity index (χ3v) is 4.32. The average Bonchev–Trinajstić information content (AvgIpc) is 2.75. The second-order valence-electron chi connectivity index (χ2n) is 5.73. The van der Waals surface area contributed by atoms with Gasteiger partial charge in [-0.3, -0.25) is 4.79 Å². The lowest BCUT2D eigenvalue weighted by Gasteiger charge is -2.30. The van der Waals surface area contributed by atoms with E-state index in [2.05, 4.69) is 12.2 Å². The second kappa shape index (κ2) is 6.77. The van der Waals surface area contributed by atoms with Crippen molar-refractivity contribution in [3.05, 3.63) is 12.2 Å². The van der Waals surface area contributed by atoms with Crippen molar-refractivity contribution in [3.63, 3.8) is 0 Å². The first kappa shape index (κ1) is 14.9. The lowest BCUT2D eigenvalue weighted by molar-refractivity contribution is -0.140. The molecule has 20 heavy (non-hydrogen) atoms. The Hall–Kier alpha value is -1.52. The quantitative estimate of drug-likeness (QED) is 0.780. The number of amides is 2. The number of carbonyl (C=O) groups excluding carboxylic acids is 1. The van der Waals surface area contributed by atoms with Gasteiger partial charge < -0.3 is 15.3 Å². The third-order valence-electron chi connectivity index (χ3n) is 4.32. The molecule has 0 aromatic carbocycles. The number of urea groups is 1. The first-order valence-electron chi connectivity index (χ1n) is 7.60. The molecular weight excluding hydrogens is 256 g/mol. The van der Waals surface area contributed by atoms with E-state index in [1.807, 2.05) is 4.90 Å². The molecule has 3 atom stereocenters. The van der Waals surface area contributed by atoms with Gasteiger partial charge in [-0.05, 0) is 25.7 Å². The lowest BCUT2D eigenvalue weighted by Crippen LogP contribution is -2.48. The highest BCUT2D eigenvalue weighted by Crippen LogP contribution is 2.21. The van der Waals surface area contributed by atoms with E-state index in [9.17, 15) is 9.59 Å². The van der Waals surface area contributed by atoms with Gasteiger partial charge >= 0.3 is 12.0 Å². The zero-order valence-electron chi connectivity index (χ0n) is 12.0. The molecule has 0 saturated carbocycles. The molecule has 5 heteroatoms. The molecule has 1 saturated heterocycles. The molecule has 112 valence electrons. The number of aliphatic carboxylic acids is 1. The maximum absolute atomic E-state index is 12.4. The van der Waals surface area contributed by atoms with Gasteiger partial charge in [-0.25, -0.2) is 4.79 Å². The van der Waals surface area contributed by atoms with E-state index >= 15 is 0 Å². The van der Waals surface area contributed by atoms with Crippen molar-refractivity contribution in [2.45, 2.75) is 57.5 Å². The fourth-order valence-electron chi connectivity index (χ4n) is 3.10. The van der Waals surface area contributed by atoms with E-state index in [-0.39, 0.29) is 12.1 Å². The van der Waals surface area contributed by atoms with Crippen LogP contribution in [-0.2, 0) is 4.79 Å². The Morgan fingerprint density at radius 1 is 1.30 bits per heavy atom. The number of nitrogens with zero attached hydrogens (tertiary/aromatic N) is 1. The van der Waals surface area contributed by atoms with E-state index in [0.29, 0.717) is 12.5 Å². The van der Waals surface area contributed by atoms with Crippen molar-refractivity contribution in [2.75, 3.05) is 6.54 Å². The number of carbonyl (C=O) groups is 2. The molecule has 2 amide bonds. The van der Waals surface area contributed by atoms with Crippen LogP contribution >= 0.6 is 0 Å². The molecule has 1 fully saturated rings. The summed E-state index contributed by atoms with van der Waals surface area (Å²) in [6.45, 7) is 2.93. The van der Waals surface area contributed by atoms with Gasteiger partial charge in [-0.15, -0.1) is 0 Å². The minimum Gasteiger partial charge on any atom is -0.481 e. The molecule has 0 bridgehead atoms. The molecule has 0 spiro atoms. The van der Waals surface area contributed by atoms with Crippen LogP contribution in [-0.4, -0.2) is 40.6 Å². The summed E-state index contributed by atoms with van der Waals surface area (Å²) in [5.74, 6) is -1.29. The van der Waals surface area contributed by atoms with Crippen molar-refractivity contribution < 1.29 is 14.7 Å². The molecule has 3 unspecified atom stereocenters. The summed E-state index contributed by atoms with van der Waals surface area (Å²) in [5, 5.41) is 11.9. The molecule has 0 aromatic heterocycles. The highest BCUT2D eigenvalue weighted by molar-refractivity contribution is 5.76. The summed E-state index contributed by atoms with van der Waals surface area (Å²) in [4.78, 5) is 25.2.